The van der Waals surface area contributed by atoms with E-state index in [0.29, 0.717) is 5.69 Å². The van der Waals surface area contributed by atoms with E-state index in [1.54, 1.807) is 11.3 Å². The number of benzene rings is 2. The molecule has 138 valence electrons. The first-order chi connectivity index (χ1) is 13.0. The maximum absolute atomic E-state index is 12.1. The van der Waals surface area contributed by atoms with Gasteiger partial charge in [0.15, 0.2) is 4.34 Å². The van der Waals surface area contributed by atoms with Crippen molar-refractivity contribution in [2.75, 3.05) is 11.1 Å². The fourth-order valence-corrected chi connectivity index (χ4v) is 4.47. The van der Waals surface area contributed by atoms with Gasteiger partial charge in [0, 0.05) is 29.1 Å². The maximum atomic E-state index is 12.1. The fraction of sp³-hybridized carbons (Fsp3) is 0.158. The summed E-state index contributed by atoms with van der Waals surface area (Å²) in [6, 6.07) is 16.0. The van der Waals surface area contributed by atoms with Crippen LogP contribution in [0.1, 0.15) is 16.1 Å². The molecule has 1 heterocycles. The minimum atomic E-state index is -0.473. The number of thiazole rings is 1. The lowest BCUT2D eigenvalue weighted by Gasteiger charge is -2.03. The van der Waals surface area contributed by atoms with Gasteiger partial charge in [0.25, 0.3) is 5.69 Å². The van der Waals surface area contributed by atoms with E-state index < -0.39 is 4.92 Å². The van der Waals surface area contributed by atoms with E-state index in [9.17, 15) is 14.9 Å². The van der Waals surface area contributed by atoms with E-state index >= 15 is 0 Å². The van der Waals surface area contributed by atoms with E-state index in [-0.39, 0.29) is 17.3 Å². The number of aryl methyl sites for hydroxylation is 1. The quantitative estimate of drug-likeness (QED) is 0.354. The van der Waals surface area contributed by atoms with Crippen LogP contribution >= 0.6 is 23.1 Å². The number of carbonyl (C=O) groups excluding carboxylic acids is 1. The van der Waals surface area contributed by atoms with Crippen molar-refractivity contribution in [3.8, 4) is 0 Å². The normalized spacial score (nSPS) is 10.6. The van der Waals surface area contributed by atoms with Crippen LogP contribution < -0.4 is 5.32 Å². The number of anilines is 1. The zero-order valence-electron chi connectivity index (χ0n) is 14.5. The molecule has 0 bridgehead atoms. The molecule has 3 aromatic rings. The Hall–Kier alpha value is -2.71. The van der Waals surface area contributed by atoms with Crippen molar-refractivity contribution in [3.63, 3.8) is 0 Å². The van der Waals surface area contributed by atoms with Crippen LogP contribution in [0.2, 0.25) is 0 Å². The molecule has 2 aromatic carbocycles. The monoisotopic (exact) mass is 399 g/mol. The fourth-order valence-electron chi connectivity index (χ4n) is 2.40. The Balaban J connectivity index is 1.54. The zero-order valence-corrected chi connectivity index (χ0v) is 16.2. The predicted molar refractivity (Wildman–Crippen MR) is 109 cm³/mol. The maximum Gasteiger partial charge on any atom is 0.269 e. The smallest absolute Gasteiger partial charge is 0.269 e. The average Bonchev–Trinajstić information content (AvgIpc) is 3.01. The Morgan fingerprint density at radius 1 is 1.19 bits per heavy atom. The molecular weight excluding hydrogens is 382 g/mol. The summed E-state index contributed by atoms with van der Waals surface area (Å²) < 4.78 is 0.859. The first-order valence-electron chi connectivity index (χ1n) is 8.18. The molecule has 1 N–H and O–H groups in total. The third kappa shape index (κ3) is 5.38. The SMILES string of the molecule is Cc1nc(SCC(=O)Nc2ccc([N+](=O)[O-])cc2)sc1Cc1ccccc1. The molecule has 0 aliphatic rings. The number of hydrogen-bond acceptors (Lipinski definition) is 6. The summed E-state index contributed by atoms with van der Waals surface area (Å²) in [6.07, 6.45) is 0.833. The average molecular weight is 399 g/mol. The van der Waals surface area contributed by atoms with Gasteiger partial charge in [0.1, 0.15) is 0 Å². The van der Waals surface area contributed by atoms with Crippen LogP contribution in [-0.2, 0) is 11.2 Å². The molecule has 0 aliphatic heterocycles. The highest BCUT2D eigenvalue weighted by Crippen LogP contribution is 2.29. The van der Waals surface area contributed by atoms with Gasteiger partial charge in [-0.3, -0.25) is 14.9 Å². The van der Waals surface area contributed by atoms with Crippen molar-refractivity contribution in [1.82, 2.24) is 4.98 Å². The van der Waals surface area contributed by atoms with Gasteiger partial charge in [-0.05, 0) is 24.6 Å². The summed E-state index contributed by atoms with van der Waals surface area (Å²) in [5.74, 6) is 0.0562. The van der Waals surface area contributed by atoms with Crippen LogP contribution in [0, 0.1) is 17.0 Å². The van der Waals surface area contributed by atoms with E-state index in [1.807, 2.05) is 25.1 Å². The molecule has 0 fully saturated rings. The van der Waals surface area contributed by atoms with Crippen molar-refractivity contribution in [1.29, 1.82) is 0 Å². The lowest BCUT2D eigenvalue weighted by atomic mass is 10.1. The number of thioether (sulfide) groups is 1. The highest BCUT2D eigenvalue weighted by atomic mass is 32.2. The number of rotatable bonds is 7. The first-order valence-corrected chi connectivity index (χ1v) is 9.99. The van der Waals surface area contributed by atoms with Gasteiger partial charge < -0.3 is 5.32 Å². The van der Waals surface area contributed by atoms with E-state index in [4.69, 9.17) is 0 Å². The van der Waals surface area contributed by atoms with Gasteiger partial charge in [-0.25, -0.2) is 4.98 Å². The topological polar surface area (TPSA) is 85.1 Å². The Labute approximate surface area is 164 Å². The molecule has 1 aromatic heterocycles. The number of non-ortho nitro benzene ring substituents is 1. The van der Waals surface area contributed by atoms with Gasteiger partial charge in [-0.2, -0.15) is 0 Å². The molecule has 0 unspecified atom stereocenters. The molecule has 6 nitrogen and oxygen atoms in total. The summed E-state index contributed by atoms with van der Waals surface area (Å²) in [6.45, 7) is 1.98. The molecule has 0 radical (unpaired) electrons. The van der Waals surface area contributed by atoms with E-state index in [1.165, 1.54) is 46.5 Å². The Morgan fingerprint density at radius 2 is 1.89 bits per heavy atom. The van der Waals surface area contributed by atoms with Gasteiger partial charge in [0.05, 0.1) is 16.4 Å². The largest absolute Gasteiger partial charge is 0.325 e. The molecule has 0 aliphatic carbocycles. The highest BCUT2D eigenvalue weighted by molar-refractivity contribution is 8.01. The second-order valence-electron chi connectivity index (χ2n) is 5.79. The second kappa shape index (κ2) is 8.79. The van der Waals surface area contributed by atoms with Crippen LogP contribution in [0.25, 0.3) is 0 Å². The van der Waals surface area contributed by atoms with Crippen molar-refractivity contribution in [2.45, 2.75) is 17.7 Å². The standard InChI is InChI=1S/C19H17N3O3S2/c1-13-17(11-14-5-3-2-4-6-14)27-19(20-13)26-12-18(23)21-15-7-9-16(10-8-15)22(24)25/h2-10H,11-12H2,1H3,(H,21,23). The number of hydrogen-bond donors (Lipinski definition) is 1. The number of carbonyl (C=O) groups is 1. The molecule has 0 saturated heterocycles. The van der Waals surface area contributed by atoms with Crippen LogP contribution in [0.5, 0.6) is 0 Å². The molecule has 0 atom stereocenters. The number of aromatic nitrogens is 1. The van der Waals surface area contributed by atoms with Gasteiger partial charge in [0.2, 0.25) is 5.91 Å². The summed E-state index contributed by atoms with van der Waals surface area (Å²) in [4.78, 5) is 28.0. The van der Waals surface area contributed by atoms with Gasteiger partial charge >= 0.3 is 0 Å². The molecule has 0 saturated carbocycles. The number of nitrogens with zero attached hydrogens (tertiary/aromatic N) is 2. The molecule has 3 rings (SSSR count). The number of amides is 1. The Bertz CT molecular complexity index is 941. The van der Waals surface area contributed by atoms with Crippen molar-refractivity contribution in [2.24, 2.45) is 0 Å². The minimum Gasteiger partial charge on any atom is -0.325 e. The molecule has 1 amide bonds. The summed E-state index contributed by atoms with van der Waals surface area (Å²) in [7, 11) is 0. The van der Waals surface area contributed by atoms with E-state index in [0.717, 1.165) is 16.5 Å². The van der Waals surface area contributed by atoms with Crippen LogP contribution in [0.15, 0.2) is 58.9 Å². The molecule has 8 heteroatoms. The molecular formula is C19H17N3O3S2. The van der Waals surface area contributed by atoms with Crippen molar-refractivity contribution >= 4 is 40.4 Å². The first kappa shape index (κ1) is 19.1. The number of nitro groups is 1. The van der Waals surface area contributed by atoms with Crippen LogP contribution in [0.4, 0.5) is 11.4 Å². The van der Waals surface area contributed by atoms with E-state index in [2.05, 4.69) is 22.4 Å². The summed E-state index contributed by atoms with van der Waals surface area (Å²) in [5.41, 5.74) is 2.75. The van der Waals surface area contributed by atoms with Crippen LogP contribution in [-0.4, -0.2) is 21.6 Å². The minimum absolute atomic E-state index is 0.00780. The van der Waals surface area contributed by atoms with Gasteiger partial charge in [-0.15, -0.1) is 11.3 Å². The Kier molecular flexibility index (Phi) is 6.20. The summed E-state index contributed by atoms with van der Waals surface area (Å²) in [5, 5.41) is 13.4. The van der Waals surface area contributed by atoms with Crippen molar-refractivity contribution in [3.05, 3.63) is 80.8 Å². The second-order valence-corrected chi connectivity index (χ2v) is 8.10. The zero-order chi connectivity index (χ0) is 19.2. The number of nitrogens with one attached hydrogen (secondary N) is 1. The molecule has 27 heavy (non-hydrogen) atoms. The third-order valence-corrected chi connectivity index (χ3v) is 6.07. The van der Waals surface area contributed by atoms with Gasteiger partial charge in [-0.1, -0.05) is 42.1 Å². The molecule has 0 spiro atoms. The third-order valence-electron chi connectivity index (χ3n) is 3.77. The Morgan fingerprint density at radius 3 is 2.56 bits per heavy atom. The van der Waals surface area contributed by atoms with Crippen LogP contribution in [0.3, 0.4) is 0 Å². The van der Waals surface area contributed by atoms with Crippen molar-refractivity contribution < 1.29 is 9.72 Å². The lowest BCUT2D eigenvalue weighted by molar-refractivity contribution is -0.384. The lowest BCUT2D eigenvalue weighted by Crippen LogP contribution is -2.13. The summed E-state index contributed by atoms with van der Waals surface area (Å²) >= 11 is 2.99. The predicted octanol–water partition coefficient (Wildman–Crippen LogP) is 4.68. The highest BCUT2D eigenvalue weighted by Gasteiger charge is 2.12. The number of nitro benzene ring substituents is 1.